The van der Waals surface area contributed by atoms with E-state index < -0.39 is 0 Å². The normalized spacial score (nSPS) is 22.7. The molecule has 2 fully saturated rings. The number of imide groups is 1. The molecule has 0 aromatic heterocycles. The van der Waals surface area contributed by atoms with Crippen LogP contribution < -0.4 is 14.5 Å². The van der Waals surface area contributed by atoms with Crippen molar-refractivity contribution in [1.82, 2.24) is 0 Å². The molecule has 0 unspecified atom stereocenters. The Balaban J connectivity index is 1.92. The number of carbonyl (C=O) groups excluding carboxylic acids is 2. The Morgan fingerprint density at radius 1 is 1.22 bits per heavy atom. The van der Waals surface area contributed by atoms with Crippen LogP contribution >= 0.6 is 11.6 Å². The summed E-state index contributed by atoms with van der Waals surface area (Å²) in [4.78, 5) is 27.9. The topological polar surface area (TPSA) is 51.0 Å². The number of likely N-dealkylation sites (tertiary alicyclic amines) is 1. The molecule has 0 aliphatic carbocycles. The molecule has 2 saturated heterocycles. The van der Waals surface area contributed by atoms with E-state index in [1.807, 2.05) is 6.92 Å². The molecule has 2 aliphatic rings. The summed E-state index contributed by atoms with van der Waals surface area (Å²) in [6.07, 6.45) is 3.73. The number of nitrogens with one attached hydrogen (secondary N) is 1. The number of aryl methyl sites for hydroxylation is 1. The van der Waals surface area contributed by atoms with Gasteiger partial charge in [-0.05, 0) is 37.8 Å². The highest BCUT2D eigenvalue weighted by Crippen LogP contribution is 2.36. The van der Waals surface area contributed by atoms with Crippen LogP contribution in [0.1, 0.15) is 31.2 Å². The lowest BCUT2D eigenvalue weighted by atomic mass is 10.1. The first-order valence-corrected chi connectivity index (χ1v) is 8.46. The molecular formula is C17H22ClN2O3+. The first-order chi connectivity index (χ1) is 11.0. The number of benzene rings is 1. The second-order valence-electron chi connectivity index (χ2n) is 6.32. The van der Waals surface area contributed by atoms with Gasteiger partial charge in [0.2, 0.25) is 5.91 Å². The summed E-state index contributed by atoms with van der Waals surface area (Å²) >= 11 is 6.12. The maximum Gasteiger partial charge on any atom is 0.292 e. The average Bonchev–Trinajstić information content (AvgIpc) is 2.85. The lowest BCUT2D eigenvalue weighted by Gasteiger charge is -2.27. The van der Waals surface area contributed by atoms with Gasteiger partial charge in [0.15, 0.2) is 6.04 Å². The van der Waals surface area contributed by atoms with Crippen molar-refractivity contribution in [2.45, 2.75) is 38.6 Å². The van der Waals surface area contributed by atoms with Gasteiger partial charge in [0.1, 0.15) is 5.75 Å². The van der Waals surface area contributed by atoms with E-state index in [9.17, 15) is 9.59 Å². The van der Waals surface area contributed by atoms with Crippen LogP contribution in [-0.4, -0.2) is 38.1 Å². The lowest BCUT2D eigenvalue weighted by Crippen LogP contribution is -3.17. The van der Waals surface area contributed by atoms with Gasteiger partial charge >= 0.3 is 0 Å². The Kier molecular flexibility index (Phi) is 4.60. The van der Waals surface area contributed by atoms with E-state index in [1.165, 1.54) is 23.3 Å². The zero-order valence-corrected chi connectivity index (χ0v) is 14.3. The van der Waals surface area contributed by atoms with Crippen molar-refractivity contribution in [3.8, 4) is 5.75 Å². The Labute approximate surface area is 141 Å². The number of hydrogen-bond acceptors (Lipinski definition) is 3. The fourth-order valence-electron chi connectivity index (χ4n) is 3.54. The van der Waals surface area contributed by atoms with Crippen LogP contribution in [0.2, 0.25) is 5.02 Å². The minimum Gasteiger partial charge on any atom is -0.495 e. The number of piperidine rings is 1. The molecule has 3 rings (SSSR count). The van der Waals surface area contributed by atoms with E-state index in [1.54, 1.807) is 12.1 Å². The van der Waals surface area contributed by atoms with E-state index in [4.69, 9.17) is 16.3 Å². The molecule has 0 spiro atoms. The lowest BCUT2D eigenvalue weighted by molar-refractivity contribution is -0.919. The molecule has 0 bridgehead atoms. The Hall–Kier alpha value is -1.59. The molecule has 23 heavy (non-hydrogen) atoms. The average molecular weight is 338 g/mol. The van der Waals surface area contributed by atoms with E-state index in [-0.39, 0.29) is 24.3 Å². The monoisotopic (exact) mass is 337 g/mol. The van der Waals surface area contributed by atoms with Crippen LogP contribution in [0.3, 0.4) is 0 Å². The molecular weight excluding hydrogens is 316 g/mol. The predicted molar refractivity (Wildman–Crippen MR) is 88.2 cm³/mol. The molecule has 2 amide bonds. The van der Waals surface area contributed by atoms with E-state index in [0.717, 1.165) is 31.5 Å². The largest absolute Gasteiger partial charge is 0.495 e. The number of carbonyl (C=O) groups is 2. The summed E-state index contributed by atoms with van der Waals surface area (Å²) in [5.41, 5.74) is 1.32. The number of ether oxygens (including phenoxy) is 1. The van der Waals surface area contributed by atoms with Crippen LogP contribution in [-0.2, 0) is 9.59 Å². The molecule has 2 aliphatic heterocycles. The van der Waals surface area contributed by atoms with Crippen molar-refractivity contribution in [3.63, 3.8) is 0 Å². The number of hydrogen-bond donors (Lipinski definition) is 1. The third kappa shape index (κ3) is 2.95. The zero-order valence-electron chi connectivity index (χ0n) is 13.5. The van der Waals surface area contributed by atoms with Crippen LogP contribution in [0.25, 0.3) is 0 Å². The van der Waals surface area contributed by atoms with Crippen molar-refractivity contribution in [2.24, 2.45) is 0 Å². The van der Waals surface area contributed by atoms with Crippen LogP contribution in [0.4, 0.5) is 5.69 Å². The van der Waals surface area contributed by atoms with Gasteiger partial charge in [0.25, 0.3) is 5.91 Å². The molecule has 1 atom stereocenters. The molecule has 124 valence electrons. The number of methoxy groups -OCH3 is 1. The van der Waals surface area contributed by atoms with Crippen molar-refractivity contribution in [2.75, 3.05) is 25.1 Å². The fourth-order valence-corrected chi connectivity index (χ4v) is 3.70. The molecule has 1 aromatic carbocycles. The first kappa shape index (κ1) is 16.3. The highest BCUT2D eigenvalue weighted by Gasteiger charge is 2.46. The SMILES string of the molecule is COc1cc(Cl)c(C)cc1N1C(=O)C[C@H]([NH+]2CCCCC2)C1=O. The standard InChI is InChI=1S/C17H21ClN2O3/c1-11-8-13(15(23-2)9-12(11)18)20-16(21)10-14(17(20)22)19-6-4-3-5-7-19/h8-9,14H,3-7,10H2,1-2H3/p+1/t14-/m0/s1. The van der Waals surface area contributed by atoms with Crippen molar-refractivity contribution >= 4 is 29.1 Å². The molecule has 1 aromatic rings. The molecule has 0 radical (unpaired) electrons. The summed E-state index contributed by atoms with van der Waals surface area (Å²) < 4.78 is 5.33. The predicted octanol–water partition coefficient (Wildman–Crippen LogP) is 1.36. The molecule has 5 nitrogen and oxygen atoms in total. The maximum absolute atomic E-state index is 12.9. The van der Waals surface area contributed by atoms with Crippen molar-refractivity contribution in [3.05, 3.63) is 22.7 Å². The van der Waals surface area contributed by atoms with Crippen molar-refractivity contribution < 1.29 is 19.2 Å². The van der Waals surface area contributed by atoms with E-state index in [0.29, 0.717) is 16.5 Å². The van der Waals surface area contributed by atoms with Gasteiger partial charge in [-0.1, -0.05) is 11.6 Å². The van der Waals surface area contributed by atoms with E-state index in [2.05, 4.69) is 0 Å². The van der Waals surface area contributed by atoms with Crippen LogP contribution in [0, 0.1) is 6.92 Å². The maximum atomic E-state index is 12.9. The van der Waals surface area contributed by atoms with Crippen LogP contribution in [0.15, 0.2) is 12.1 Å². The smallest absolute Gasteiger partial charge is 0.292 e. The number of anilines is 1. The van der Waals surface area contributed by atoms with E-state index >= 15 is 0 Å². The summed E-state index contributed by atoms with van der Waals surface area (Å²) in [5.74, 6) is 0.182. The van der Waals surface area contributed by atoms with Crippen molar-refractivity contribution in [1.29, 1.82) is 0 Å². The molecule has 1 N–H and O–H groups in total. The Morgan fingerprint density at radius 3 is 2.57 bits per heavy atom. The second-order valence-corrected chi connectivity index (χ2v) is 6.72. The summed E-state index contributed by atoms with van der Waals surface area (Å²) in [6, 6.07) is 3.15. The minimum atomic E-state index is -0.261. The number of amides is 2. The van der Waals surface area contributed by atoms with Gasteiger partial charge in [-0.15, -0.1) is 0 Å². The number of rotatable bonds is 3. The number of quaternary nitrogens is 1. The molecule has 6 heteroatoms. The number of halogens is 1. The molecule has 0 saturated carbocycles. The summed E-state index contributed by atoms with van der Waals surface area (Å²) in [6.45, 7) is 3.78. The van der Waals surface area contributed by atoms with Gasteiger partial charge in [0, 0.05) is 11.1 Å². The highest BCUT2D eigenvalue weighted by atomic mass is 35.5. The zero-order chi connectivity index (χ0) is 16.6. The Bertz CT molecular complexity index is 641. The van der Waals surface area contributed by atoms with Gasteiger partial charge in [0.05, 0.1) is 32.3 Å². The van der Waals surface area contributed by atoms with Gasteiger partial charge < -0.3 is 9.64 Å². The summed E-state index contributed by atoms with van der Waals surface area (Å²) in [7, 11) is 1.52. The summed E-state index contributed by atoms with van der Waals surface area (Å²) in [5, 5.41) is 0.558. The van der Waals surface area contributed by atoms with Crippen LogP contribution in [0.5, 0.6) is 5.75 Å². The van der Waals surface area contributed by atoms with Gasteiger partial charge in [-0.25, -0.2) is 4.90 Å². The first-order valence-electron chi connectivity index (χ1n) is 8.08. The third-order valence-corrected chi connectivity index (χ3v) is 5.24. The highest BCUT2D eigenvalue weighted by molar-refractivity contribution is 6.32. The number of nitrogens with zero attached hydrogens (tertiary/aromatic N) is 1. The van der Waals surface area contributed by atoms with Gasteiger partial charge in [-0.3, -0.25) is 9.59 Å². The second kappa shape index (κ2) is 6.49. The quantitative estimate of drug-likeness (QED) is 0.847. The van der Waals surface area contributed by atoms with Gasteiger partial charge in [-0.2, -0.15) is 0 Å². The third-order valence-electron chi connectivity index (χ3n) is 4.84. The minimum absolute atomic E-state index is 0.119. The Morgan fingerprint density at radius 2 is 1.91 bits per heavy atom. The fraction of sp³-hybridized carbons (Fsp3) is 0.529. The molecule has 2 heterocycles.